The van der Waals surface area contributed by atoms with Gasteiger partial charge in [-0.2, -0.15) is 9.67 Å². The molecule has 2 aromatic rings. The maximum atomic E-state index is 12.5. The van der Waals surface area contributed by atoms with E-state index in [0.29, 0.717) is 17.3 Å². The highest BCUT2D eigenvalue weighted by Crippen LogP contribution is 2.39. The Labute approximate surface area is 114 Å². The van der Waals surface area contributed by atoms with Crippen LogP contribution in [0, 0.1) is 0 Å². The molecule has 100 valence electrons. The number of aromatic nitrogens is 3. The van der Waals surface area contributed by atoms with E-state index in [0.717, 1.165) is 12.8 Å². The highest BCUT2D eigenvalue weighted by atomic mass is 16.2. The first-order valence-electron chi connectivity index (χ1n) is 6.61. The van der Waals surface area contributed by atoms with Crippen LogP contribution in [0.2, 0.25) is 0 Å². The lowest BCUT2D eigenvalue weighted by Gasteiger charge is -2.20. The molecule has 0 spiro atoms. The molecule has 1 aliphatic heterocycles. The molecule has 1 aliphatic carbocycles. The molecule has 6 heteroatoms. The van der Waals surface area contributed by atoms with Crippen molar-refractivity contribution in [3.05, 3.63) is 41.7 Å². The Morgan fingerprint density at radius 3 is 2.60 bits per heavy atom. The third-order valence-corrected chi connectivity index (χ3v) is 3.65. The van der Waals surface area contributed by atoms with Gasteiger partial charge in [0.25, 0.3) is 5.91 Å². The Morgan fingerprint density at radius 1 is 1.15 bits per heavy atom. The largest absolute Gasteiger partial charge is 0.293 e. The number of benzene rings is 1. The Balaban J connectivity index is 1.76. The summed E-state index contributed by atoms with van der Waals surface area (Å²) in [6.07, 6.45) is 2.10. The van der Waals surface area contributed by atoms with E-state index in [1.807, 2.05) is 18.2 Å². The second-order valence-corrected chi connectivity index (χ2v) is 5.15. The van der Waals surface area contributed by atoms with Crippen LogP contribution in [0.3, 0.4) is 0 Å². The number of hydrogen-bond acceptors (Lipinski definition) is 4. The smallest absolute Gasteiger partial charge is 0.267 e. The van der Waals surface area contributed by atoms with Gasteiger partial charge in [-0.25, -0.2) is 0 Å². The predicted molar refractivity (Wildman–Crippen MR) is 70.4 cm³/mol. The molecule has 0 saturated heterocycles. The molecule has 20 heavy (non-hydrogen) atoms. The monoisotopic (exact) mass is 268 g/mol. The quantitative estimate of drug-likeness (QED) is 0.838. The van der Waals surface area contributed by atoms with Gasteiger partial charge in [-0.15, -0.1) is 5.10 Å². The third-order valence-electron chi connectivity index (χ3n) is 3.65. The molecule has 1 saturated carbocycles. The molecule has 4 rings (SSSR count). The maximum Gasteiger partial charge on any atom is 0.267 e. The molecule has 1 unspecified atom stereocenters. The molecule has 0 bridgehead atoms. The summed E-state index contributed by atoms with van der Waals surface area (Å²) in [5.74, 6) is -0.292. The minimum Gasteiger partial charge on any atom is -0.293 e. The van der Waals surface area contributed by atoms with E-state index in [1.165, 1.54) is 4.68 Å². The number of rotatable bonds is 2. The Hall–Kier alpha value is -2.50. The molecule has 2 heterocycles. The summed E-state index contributed by atoms with van der Waals surface area (Å²) in [6.45, 7) is 0. The molecular formula is C14H12N4O2. The molecule has 1 amide bonds. The normalized spacial score (nSPS) is 21.5. The third kappa shape index (κ3) is 1.65. The molecule has 1 N–H and O–H groups in total. The number of hydrogen-bond donors (Lipinski definition) is 1. The van der Waals surface area contributed by atoms with Gasteiger partial charge in [0.05, 0.1) is 0 Å². The van der Waals surface area contributed by atoms with Crippen molar-refractivity contribution < 1.29 is 9.59 Å². The van der Waals surface area contributed by atoms with Crippen molar-refractivity contribution in [2.75, 3.05) is 5.32 Å². The van der Waals surface area contributed by atoms with Gasteiger partial charge >= 0.3 is 0 Å². The van der Waals surface area contributed by atoms with E-state index >= 15 is 0 Å². The first-order chi connectivity index (χ1) is 9.74. The van der Waals surface area contributed by atoms with Gasteiger partial charge in [-0.1, -0.05) is 30.3 Å². The Morgan fingerprint density at radius 2 is 1.90 bits per heavy atom. The fourth-order valence-corrected chi connectivity index (χ4v) is 2.43. The van der Waals surface area contributed by atoms with E-state index < -0.39 is 5.92 Å². The molecule has 1 aromatic carbocycles. The lowest BCUT2D eigenvalue weighted by atomic mass is 9.96. The van der Waals surface area contributed by atoms with Crippen LogP contribution in [-0.4, -0.2) is 26.6 Å². The fourth-order valence-electron chi connectivity index (χ4n) is 2.43. The number of carbonyl (C=O) groups is 2. The molecule has 2 aliphatic rings. The summed E-state index contributed by atoms with van der Waals surface area (Å²) < 4.78 is 1.23. The van der Waals surface area contributed by atoms with E-state index in [4.69, 9.17) is 0 Å². The Kier molecular flexibility index (Phi) is 2.26. The summed E-state index contributed by atoms with van der Waals surface area (Å²) in [4.78, 5) is 28.9. The summed E-state index contributed by atoms with van der Waals surface area (Å²) in [5.41, 5.74) is 0.670. The average molecular weight is 268 g/mol. The van der Waals surface area contributed by atoms with Crippen molar-refractivity contribution >= 4 is 17.8 Å². The van der Waals surface area contributed by atoms with E-state index in [2.05, 4.69) is 15.4 Å². The highest BCUT2D eigenvalue weighted by Gasteiger charge is 2.39. The van der Waals surface area contributed by atoms with Crippen LogP contribution >= 0.6 is 0 Å². The van der Waals surface area contributed by atoms with Crippen LogP contribution in [-0.2, 0) is 4.79 Å². The van der Waals surface area contributed by atoms with Gasteiger partial charge in [-0.3, -0.25) is 14.9 Å². The zero-order chi connectivity index (χ0) is 13.7. The van der Waals surface area contributed by atoms with Crippen molar-refractivity contribution in [2.24, 2.45) is 0 Å². The number of amides is 1. The minimum absolute atomic E-state index is 0.245. The van der Waals surface area contributed by atoms with Crippen LogP contribution in [0.4, 0.5) is 5.95 Å². The standard InChI is InChI=1S/C14H12N4O2/c19-12-10(8-4-2-1-3-5-8)13(20)18-14(16-12)15-11(17-18)9-6-7-9/h1-5,9-10H,6-7H2,(H,15,16,17,19). The zero-order valence-corrected chi connectivity index (χ0v) is 10.6. The fraction of sp³-hybridized carbons (Fsp3) is 0.286. The topological polar surface area (TPSA) is 76.9 Å². The second kappa shape index (κ2) is 4.00. The van der Waals surface area contributed by atoms with Crippen molar-refractivity contribution in [2.45, 2.75) is 24.7 Å². The molecule has 6 nitrogen and oxygen atoms in total. The van der Waals surface area contributed by atoms with Gasteiger partial charge in [0.15, 0.2) is 5.82 Å². The average Bonchev–Trinajstić information content (AvgIpc) is 3.21. The number of carbonyl (C=O) groups excluding carboxylic acids is 2. The number of anilines is 1. The van der Waals surface area contributed by atoms with E-state index in [-0.39, 0.29) is 17.8 Å². The van der Waals surface area contributed by atoms with Crippen molar-refractivity contribution in [3.8, 4) is 0 Å². The Bertz CT molecular complexity index is 703. The first kappa shape index (κ1) is 11.3. The van der Waals surface area contributed by atoms with Crippen LogP contribution in [0.1, 0.15) is 40.9 Å². The highest BCUT2D eigenvalue weighted by molar-refractivity contribution is 6.14. The first-order valence-corrected chi connectivity index (χ1v) is 6.61. The lowest BCUT2D eigenvalue weighted by molar-refractivity contribution is -0.117. The molecule has 1 aromatic heterocycles. The second-order valence-electron chi connectivity index (χ2n) is 5.15. The summed E-state index contributed by atoms with van der Waals surface area (Å²) in [7, 11) is 0. The zero-order valence-electron chi connectivity index (χ0n) is 10.6. The molecule has 1 atom stereocenters. The lowest BCUT2D eigenvalue weighted by Crippen LogP contribution is -2.38. The summed E-state index contributed by atoms with van der Waals surface area (Å²) in [5, 5.41) is 6.92. The van der Waals surface area contributed by atoms with Gasteiger partial charge in [0, 0.05) is 5.92 Å². The molecular weight excluding hydrogens is 256 g/mol. The van der Waals surface area contributed by atoms with Gasteiger partial charge < -0.3 is 0 Å². The SMILES string of the molecule is O=C1Nc2nc(C3CC3)nn2C(=O)C1c1ccccc1. The molecule has 0 radical (unpaired) electrons. The van der Waals surface area contributed by atoms with Crippen LogP contribution in [0.15, 0.2) is 30.3 Å². The summed E-state index contributed by atoms with van der Waals surface area (Å²) >= 11 is 0. The van der Waals surface area contributed by atoms with Crippen LogP contribution in [0.5, 0.6) is 0 Å². The van der Waals surface area contributed by atoms with Crippen molar-refractivity contribution in [1.29, 1.82) is 0 Å². The van der Waals surface area contributed by atoms with Gasteiger partial charge in [0.2, 0.25) is 11.9 Å². The summed E-state index contributed by atoms with van der Waals surface area (Å²) in [6, 6.07) is 9.00. The van der Waals surface area contributed by atoms with Crippen molar-refractivity contribution in [3.63, 3.8) is 0 Å². The number of nitrogens with zero attached hydrogens (tertiary/aromatic N) is 3. The minimum atomic E-state index is -0.850. The predicted octanol–water partition coefficient (Wildman–Crippen LogP) is 1.53. The van der Waals surface area contributed by atoms with Crippen LogP contribution < -0.4 is 5.32 Å². The van der Waals surface area contributed by atoms with E-state index in [1.54, 1.807) is 12.1 Å². The van der Waals surface area contributed by atoms with E-state index in [9.17, 15) is 9.59 Å². The van der Waals surface area contributed by atoms with Crippen LogP contribution in [0.25, 0.3) is 0 Å². The maximum absolute atomic E-state index is 12.5. The van der Waals surface area contributed by atoms with Crippen molar-refractivity contribution in [1.82, 2.24) is 14.8 Å². The molecule has 1 fully saturated rings. The number of fused-ring (bicyclic) bond motifs is 1. The van der Waals surface area contributed by atoms with Gasteiger partial charge in [-0.05, 0) is 18.4 Å². The number of nitrogens with one attached hydrogen (secondary N) is 1. The van der Waals surface area contributed by atoms with Gasteiger partial charge in [0.1, 0.15) is 5.92 Å².